The first-order chi connectivity index (χ1) is 8.85. The highest BCUT2D eigenvalue weighted by atomic mass is 32.1. The number of hydrogen-bond donors (Lipinski definition) is 1. The number of nitriles is 1. The Morgan fingerprint density at radius 1 is 1.50 bits per heavy atom. The van der Waals surface area contributed by atoms with Gasteiger partial charge in [0.25, 0.3) is 0 Å². The lowest BCUT2D eigenvalue weighted by Crippen LogP contribution is -2.00. The third kappa shape index (κ3) is 2.44. The van der Waals surface area contributed by atoms with Crippen molar-refractivity contribution in [3.63, 3.8) is 0 Å². The number of aromatic nitrogens is 1. The van der Waals surface area contributed by atoms with Crippen LogP contribution in [-0.2, 0) is 0 Å². The van der Waals surface area contributed by atoms with E-state index in [0.717, 1.165) is 17.7 Å². The molecule has 90 valence electrons. The molecule has 1 aliphatic rings. The van der Waals surface area contributed by atoms with Crippen molar-refractivity contribution in [3.8, 4) is 6.07 Å². The average Bonchev–Trinajstić information content (AvgIpc) is 2.91. The maximum Gasteiger partial charge on any atom is 0.232 e. The fraction of sp³-hybridized carbons (Fsp3) is 0.231. The molecule has 0 aromatic carbocycles. The monoisotopic (exact) mass is 257 g/mol. The number of oxazole rings is 1. The second-order valence-corrected chi connectivity index (χ2v) is 5.09. The zero-order valence-corrected chi connectivity index (χ0v) is 10.4. The van der Waals surface area contributed by atoms with Crippen LogP contribution in [-0.4, -0.2) is 11.0 Å². The van der Waals surface area contributed by atoms with Gasteiger partial charge in [-0.15, -0.1) is 11.3 Å². The lowest BCUT2D eigenvalue weighted by atomic mass is 10.4. The minimum Gasteiger partial charge on any atom is -0.420 e. The summed E-state index contributed by atoms with van der Waals surface area (Å²) < 4.78 is 5.53. The number of thiophene rings is 1. The fourth-order valence-electron chi connectivity index (χ4n) is 1.53. The van der Waals surface area contributed by atoms with Gasteiger partial charge in [0.2, 0.25) is 17.5 Å². The Bertz CT molecular complexity index is 603. The van der Waals surface area contributed by atoms with Crippen molar-refractivity contribution in [2.75, 3.05) is 5.32 Å². The van der Waals surface area contributed by atoms with Crippen molar-refractivity contribution in [1.82, 2.24) is 4.98 Å². The van der Waals surface area contributed by atoms with Crippen molar-refractivity contribution in [2.45, 2.75) is 18.9 Å². The number of nitrogens with zero attached hydrogens (tertiary/aromatic N) is 2. The molecule has 0 amide bonds. The third-order valence-corrected chi connectivity index (χ3v) is 3.43. The Hall–Kier alpha value is -2.06. The number of nitrogens with one attached hydrogen (secondary N) is 1. The first kappa shape index (κ1) is 11.1. The minimum atomic E-state index is 0.327. The highest BCUT2D eigenvalue weighted by Gasteiger charge is 2.24. The number of anilines is 1. The second kappa shape index (κ2) is 4.67. The fourth-order valence-corrected chi connectivity index (χ4v) is 2.15. The topological polar surface area (TPSA) is 61.9 Å². The van der Waals surface area contributed by atoms with E-state index >= 15 is 0 Å². The van der Waals surface area contributed by atoms with Crippen molar-refractivity contribution >= 4 is 29.4 Å². The van der Waals surface area contributed by atoms with Gasteiger partial charge in [-0.05, 0) is 30.4 Å². The van der Waals surface area contributed by atoms with E-state index in [4.69, 9.17) is 9.68 Å². The zero-order valence-electron chi connectivity index (χ0n) is 9.59. The second-order valence-electron chi connectivity index (χ2n) is 4.11. The van der Waals surface area contributed by atoms with E-state index in [9.17, 15) is 0 Å². The smallest absolute Gasteiger partial charge is 0.232 e. The van der Waals surface area contributed by atoms with E-state index in [1.807, 2.05) is 29.7 Å². The molecular weight excluding hydrogens is 246 g/mol. The Morgan fingerprint density at radius 2 is 2.39 bits per heavy atom. The van der Waals surface area contributed by atoms with Gasteiger partial charge in [0.15, 0.2) is 0 Å². The Balaban J connectivity index is 1.80. The predicted octanol–water partition coefficient (Wildman–Crippen LogP) is 3.35. The maximum atomic E-state index is 8.98. The molecule has 3 rings (SSSR count). The molecule has 0 atom stereocenters. The summed E-state index contributed by atoms with van der Waals surface area (Å²) in [5, 5.41) is 14.2. The van der Waals surface area contributed by atoms with Gasteiger partial charge in [0.1, 0.15) is 6.07 Å². The highest BCUT2D eigenvalue weighted by molar-refractivity contribution is 7.10. The highest BCUT2D eigenvalue weighted by Crippen LogP contribution is 2.27. The summed E-state index contributed by atoms with van der Waals surface area (Å²) in [7, 11) is 0. The molecular formula is C13H11N3OS. The van der Waals surface area contributed by atoms with Gasteiger partial charge in [0.05, 0.1) is 0 Å². The summed E-state index contributed by atoms with van der Waals surface area (Å²) in [6.45, 7) is 0. The molecule has 0 radical (unpaired) electrons. The molecule has 1 fully saturated rings. The van der Waals surface area contributed by atoms with E-state index in [0.29, 0.717) is 23.5 Å². The van der Waals surface area contributed by atoms with Crippen molar-refractivity contribution in [3.05, 3.63) is 34.0 Å². The molecule has 5 heteroatoms. The first-order valence-electron chi connectivity index (χ1n) is 5.74. The van der Waals surface area contributed by atoms with Gasteiger partial charge in [-0.3, -0.25) is 0 Å². The molecule has 4 nitrogen and oxygen atoms in total. The van der Waals surface area contributed by atoms with Crippen LogP contribution in [0.3, 0.4) is 0 Å². The first-order valence-corrected chi connectivity index (χ1v) is 6.62. The SMILES string of the molecule is N#Cc1nc(/C=C/c2cccs2)oc1NC1CC1. The van der Waals surface area contributed by atoms with Crippen LogP contribution in [0.2, 0.25) is 0 Å². The summed E-state index contributed by atoms with van der Waals surface area (Å²) in [6, 6.07) is 6.49. The molecule has 0 bridgehead atoms. The molecule has 1 saturated carbocycles. The lowest BCUT2D eigenvalue weighted by Gasteiger charge is -1.96. The number of hydrogen-bond acceptors (Lipinski definition) is 5. The maximum absolute atomic E-state index is 8.98. The molecule has 0 aliphatic heterocycles. The zero-order chi connectivity index (χ0) is 12.4. The summed E-state index contributed by atoms with van der Waals surface area (Å²) in [5.74, 6) is 0.953. The summed E-state index contributed by atoms with van der Waals surface area (Å²) in [4.78, 5) is 5.26. The molecule has 0 spiro atoms. The van der Waals surface area contributed by atoms with Crippen molar-refractivity contribution in [2.24, 2.45) is 0 Å². The molecule has 2 aromatic rings. The van der Waals surface area contributed by atoms with Crippen LogP contribution in [0.15, 0.2) is 21.9 Å². The Morgan fingerprint density at radius 3 is 3.06 bits per heavy atom. The van der Waals surface area contributed by atoms with Crippen LogP contribution in [0.1, 0.15) is 29.3 Å². The normalized spacial score (nSPS) is 14.8. The lowest BCUT2D eigenvalue weighted by molar-refractivity contribution is 0.557. The summed E-state index contributed by atoms with van der Waals surface area (Å²) >= 11 is 1.64. The number of rotatable bonds is 4. The van der Waals surface area contributed by atoms with Gasteiger partial charge < -0.3 is 9.73 Å². The van der Waals surface area contributed by atoms with E-state index < -0.39 is 0 Å². The van der Waals surface area contributed by atoms with Crippen molar-refractivity contribution < 1.29 is 4.42 Å². The van der Waals surface area contributed by atoms with Crippen LogP contribution >= 0.6 is 11.3 Å². The van der Waals surface area contributed by atoms with Crippen LogP contribution in [0.4, 0.5) is 5.88 Å². The van der Waals surface area contributed by atoms with Crippen LogP contribution in [0.5, 0.6) is 0 Å². The summed E-state index contributed by atoms with van der Waals surface area (Å²) in [5.41, 5.74) is 0.327. The van der Waals surface area contributed by atoms with Gasteiger partial charge in [-0.25, -0.2) is 0 Å². The molecule has 1 aliphatic carbocycles. The molecule has 2 aromatic heterocycles. The molecule has 0 unspecified atom stereocenters. The molecule has 2 heterocycles. The third-order valence-electron chi connectivity index (χ3n) is 2.60. The van der Waals surface area contributed by atoms with Crippen molar-refractivity contribution in [1.29, 1.82) is 5.26 Å². The van der Waals surface area contributed by atoms with Crippen LogP contribution in [0, 0.1) is 11.3 Å². The van der Waals surface area contributed by atoms with Crippen LogP contribution in [0.25, 0.3) is 12.2 Å². The Labute approximate surface area is 109 Å². The van der Waals surface area contributed by atoms with E-state index in [-0.39, 0.29) is 0 Å². The van der Waals surface area contributed by atoms with E-state index in [1.165, 1.54) is 0 Å². The average molecular weight is 257 g/mol. The summed E-state index contributed by atoms with van der Waals surface area (Å²) in [6.07, 6.45) is 5.97. The predicted molar refractivity (Wildman–Crippen MR) is 71.1 cm³/mol. The van der Waals surface area contributed by atoms with E-state index in [1.54, 1.807) is 17.4 Å². The standard InChI is InChI=1S/C13H11N3OS/c14-8-11-13(15-9-3-4-9)17-12(16-11)6-5-10-2-1-7-18-10/h1-2,5-7,9,15H,3-4H2/b6-5+. The van der Waals surface area contributed by atoms with Gasteiger partial charge in [-0.1, -0.05) is 6.07 Å². The van der Waals surface area contributed by atoms with Gasteiger partial charge in [-0.2, -0.15) is 10.2 Å². The Kier molecular flexibility index (Phi) is 2.87. The van der Waals surface area contributed by atoms with Gasteiger partial charge in [0, 0.05) is 17.0 Å². The van der Waals surface area contributed by atoms with Crippen LogP contribution < -0.4 is 5.32 Å². The minimum absolute atomic E-state index is 0.327. The van der Waals surface area contributed by atoms with Gasteiger partial charge >= 0.3 is 0 Å². The molecule has 18 heavy (non-hydrogen) atoms. The largest absolute Gasteiger partial charge is 0.420 e. The quantitative estimate of drug-likeness (QED) is 0.912. The molecule has 0 saturated heterocycles. The molecule has 1 N–H and O–H groups in total. The van der Waals surface area contributed by atoms with E-state index in [2.05, 4.69) is 10.3 Å².